The predicted octanol–water partition coefficient (Wildman–Crippen LogP) is 0.756. The number of esters is 2. The molecule has 0 amide bonds. The third-order valence-electron chi connectivity index (χ3n) is 3.91. The van der Waals surface area contributed by atoms with Crippen LogP contribution >= 0.6 is 0 Å². The fraction of sp³-hybridized carbons (Fsp3) is 0.667. The first-order valence-corrected chi connectivity index (χ1v) is 7.03. The lowest BCUT2D eigenvalue weighted by Crippen LogP contribution is -2.57. The Balaban J connectivity index is 2.45. The van der Waals surface area contributed by atoms with Crippen LogP contribution in [0.25, 0.3) is 0 Å². The molecule has 7 nitrogen and oxygen atoms in total. The van der Waals surface area contributed by atoms with E-state index < -0.39 is 47.2 Å². The van der Waals surface area contributed by atoms with Crippen molar-refractivity contribution in [1.29, 1.82) is 0 Å². The summed E-state index contributed by atoms with van der Waals surface area (Å²) < 4.78 is 21.6. The molecule has 122 valence electrons. The molecule has 0 spiro atoms. The van der Waals surface area contributed by atoms with Crippen molar-refractivity contribution < 1.29 is 33.3 Å². The van der Waals surface area contributed by atoms with E-state index in [4.69, 9.17) is 18.9 Å². The lowest BCUT2D eigenvalue weighted by molar-refractivity contribution is -0.193. The van der Waals surface area contributed by atoms with Gasteiger partial charge in [0.25, 0.3) is 5.78 Å². The van der Waals surface area contributed by atoms with Crippen LogP contribution in [0.4, 0.5) is 0 Å². The summed E-state index contributed by atoms with van der Waals surface area (Å²) in [7, 11) is 0. The van der Waals surface area contributed by atoms with Crippen LogP contribution in [0.1, 0.15) is 27.7 Å². The minimum Gasteiger partial charge on any atom is -0.449 e. The van der Waals surface area contributed by atoms with Gasteiger partial charge in [0.2, 0.25) is 5.60 Å². The molecule has 0 unspecified atom stereocenters. The van der Waals surface area contributed by atoms with Gasteiger partial charge in [0.15, 0.2) is 11.9 Å². The molecule has 2 aliphatic heterocycles. The van der Waals surface area contributed by atoms with Crippen LogP contribution in [0.15, 0.2) is 12.7 Å². The van der Waals surface area contributed by atoms with Crippen LogP contribution in [0, 0.1) is 5.92 Å². The zero-order chi connectivity index (χ0) is 16.7. The largest absolute Gasteiger partial charge is 0.449 e. The van der Waals surface area contributed by atoms with Crippen molar-refractivity contribution in [1.82, 2.24) is 0 Å². The van der Waals surface area contributed by atoms with Crippen molar-refractivity contribution in [3.8, 4) is 0 Å². The summed E-state index contributed by atoms with van der Waals surface area (Å²) in [5.41, 5.74) is -1.78. The SMILES string of the molecule is C=C[C@H](C)[C@]1(OC(C)=O)C(=O)C(=O)O[C@@H]1[C@@H]1COC(C)(C)O1. The molecule has 4 atom stereocenters. The van der Waals surface area contributed by atoms with E-state index >= 15 is 0 Å². The van der Waals surface area contributed by atoms with Gasteiger partial charge in [-0.25, -0.2) is 4.79 Å². The first-order chi connectivity index (χ1) is 10.1. The second-order valence-electron chi connectivity index (χ2n) is 5.93. The Morgan fingerprint density at radius 1 is 1.45 bits per heavy atom. The van der Waals surface area contributed by atoms with Crippen molar-refractivity contribution in [2.45, 2.75) is 51.3 Å². The summed E-state index contributed by atoms with van der Waals surface area (Å²) in [4.78, 5) is 35.7. The maximum Gasteiger partial charge on any atom is 0.379 e. The number of carbonyl (C=O) groups is 3. The minimum absolute atomic E-state index is 0.116. The highest BCUT2D eigenvalue weighted by atomic mass is 16.8. The highest BCUT2D eigenvalue weighted by Crippen LogP contribution is 2.41. The Kier molecular flexibility index (Phi) is 4.14. The number of carbonyl (C=O) groups excluding carboxylic acids is 3. The third-order valence-corrected chi connectivity index (χ3v) is 3.91. The molecular formula is C15H20O7. The molecule has 0 aliphatic carbocycles. The van der Waals surface area contributed by atoms with E-state index in [0.29, 0.717) is 0 Å². The normalized spacial score (nSPS) is 35.1. The molecule has 0 N–H and O–H groups in total. The van der Waals surface area contributed by atoms with E-state index in [0.717, 1.165) is 0 Å². The molecule has 0 bridgehead atoms. The number of ether oxygens (including phenoxy) is 4. The number of cyclic esters (lactones) is 1. The number of hydrogen-bond donors (Lipinski definition) is 0. The van der Waals surface area contributed by atoms with Crippen molar-refractivity contribution >= 4 is 17.7 Å². The first-order valence-electron chi connectivity index (χ1n) is 7.03. The molecule has 0 saturated carbocycles. The molecule has 0 aromatic carbocycles. The van der Waals surface area contributed by atoms with E-state index in [1.54, 1.807) is 20.8 Å². The molecule has 2 rings (SSSR count). The molecule has 7 heteroatoms. The van der Waals surface area contributed by atoms with Crippen LogP contribution in [0.5, 0.6) is 0 Å². The minimum atomic E-state index is -1.78. The number of hydrogen-bond acceptors (Lipinski definition) is 7. The van der Waals surface area contributed by atoms with Gasteiger partial charge in [-0.3, -0.25) is 9.59 Å². The monoisotopic (exact) mass is 312 g/mol. The van der Waals surface area contributed by atoms with Crippen LogP contribution in [-0.2, 0) is 33.3 Å². The van der Waals surface area contributed by atoms with E-state index in [9.17, 15) is 14.4 Å². The fourth-order valence-electron chi connectivity index (χ4n) is 2.84. The van der Waals surface area contributed by atoms with Gasteiger partial charge in [0.05, 0.1) is 6.61 Å². The van der Waals surface area contributed by atoms with Crippen molar-refractivity contribution in [2.24, 2.45) is 5.92 Å². The molecular weight excluding hydrogens is 292 g/mol. The second kappa shape index (κ2) is 5.48. The highest BCUT2D eigenvalue weighted by Gasteiger charge is 2.66. The zero-order valence-corrected chi connectivity index (χ0v) is 13.1. The van der Waals surface area contributed by atoms with Crippen molar-refractivity contribution in [3.05, 3.63) is 12.7 Å². The standard InChI is InChI=1S/C15H20O7/c1-6-8(2)15(21-9(3)16)11(17)13(18)20-12(15)10-7-19-14(4,5)22-10/h6,8,10,12H,1,7H2,2-5H3/t8-,10-,12+,15-/m0/s1. The zero-order valence-electron chi connectivity index (χ0n) is 13.1. The molecule has 2 heterocycles. The molecule has 2 saturated heterocycles. The smallest absolute Gasteiger partial charge is 0.379 e. The van der Waals surface area contributed by atoms with E-state index in [1.807, 2.05) is 0 Å². The number of rotatable bonds is 4. The molecule has 2 fully saturated rings. The van der Waals surface area contributed by atoms with Crippen LogP contribution in [0.3, 0.4) is 0 Å². The third kappa shape index (κ3) is 2.55. The topological polar surface area (TPSA) is 88.1 Å². The van der Waals surface area contributed by atoms with Gasteiger partial charge in [-0.15, -0.1) is 6.58 Å². The molecule has 0 radical (unpaired) electrons. The lowest BCUT2D eigenvalue weighted by Gasteiger charge is -2.36. The van der Waals surface area contributed by atoms with Crippen molar-refractivity contribution in [2.75, 3.05) is 6.61 Å². The number of Topliss-reactive ketones (excluding diaryl/α,β-unsaturated/α-hetero) is 1. The maximum absolute atomic E-state index is 12.4. The average Bonchev–Trinajstić information content (AvgIpc) is 2.90. The summed E-state index contributed by atoms with van der Waals surface area (Å²) in [6.45, 7) is 9.95. The number of ketones is 1. The van der Waals surface area contributed by atoms with Gasteiger partial charge in [0.1, 0.15) is 6.10 Å². The van der Waals surface area contributed by atoms with Gasteiger partial charge < -0.3 is 18.9 Å². The summed E-state index contributed by atoms with van der Waals surface area (Å²) in [6, 6.07) is 0. The van der Waals surface area contributed by atoms with Gasteiger partial charge in [-0.1, -0.05) is 13.0 Å². The second-order valence-corrected chi connectivity index (χ2v) is 5.93. The Hall–Kier alpha value is -1.73. The Morgan fingerprint density at radius 3 is 2.55 bits per heavy atom. The fourth-order valence-corrected chi connectivity index (χ4v) is 2.84. The van der Waals surface area contributed by atoms with Crippen molar-refractivity contribution in [3.63, 3.8) is 0 Å². The van der Waals surface area contributed by atoms with Gasteiger partial charge in [0, 0.05) is 12.8 Å². The summed E-state index contributed by atoms with van der Waals surface area (Å²) in [5, 5.41) is 0. The van der Waals surface area contributed by atoms with Gasteiger partial charge >= 0.3 is 11.9 Å². The average molecular weight is 312 g/mol. The summed E-state index contributed by atoms with van der Waals surface area (Å²) in [6.07, 6.45) is -0.352. The van der Waals surface area contributed by atoms with Crippen LogP contribution in [-0.4, -0.2) is 47.9 Å². The Morgan fingerprint density at radius 2 is 2.09 bits per heavy atom. The van der Waals surface area contributed by atoms with E-state index in [2.05, 4.69) is 6.58 Å². The lowest BCUT2D eigenvalue weighted by atomic mass is 9.79. The predicted molar refractivity (Wildman–Crippen MR) is 73.6 cm³/mol. The molecule has 22 heavy (non-hydrogen) atoms. The van der Waals surface area contributed by atoms with E-state index in [1.165, 1.54) is 13.0 Å². The van der Waals surface area contributed by atoms with E-state index in [-0.39, 0.29) is 6.61 Å². The summed E-state index contributed by atoms with van der Waals surface area (Å²) >= 11 is 0. The Labute approximate surface area is 128 Å². The van der Waals surface area contributed by atoms with Gasteiger partial charge in [-0.05, 0) is 13.8 Å². The van der Waals surface area contributed by atoms with Crippen LogP contribution < -0.4 is 0 Å². The van der Waals surface area contributed by atoms with Gasteiger partial charge in [-0.2, -0.15) is 0 Å². The summed E-state index contributed by atoms with van der Waals surface area (Å²) in [5.74, 6) is -4.15. The Bertz CT molecular complexity index is 524. The maximum atomic E-state index is 12.4. The quantitative estimate of drug-likeness (QED) is 0.430. The molecule has 0 aromatic rings. The molecule has 0 aromatic heterocycles. The first kappa shape index (κ1) is 16.6. The highest BCUT2D eigenvalue weighted by molar-refractivity contribution is 6.39. The molecule has 2 aliphatic rings. The van der Waals surface area contributed by atoms with Crippen LogP contribution in [0.2, 0.25) is 0 Å².